The highest BCUT2D eigenvalue weighted by atomic mass is 16.5. The third-order valence-corrected chi connectivity index (χ3v) is 2.14. The van der Waals surface area contributed by atoms with Crippen molar-refractivity contribution in [3.63, 3.8) is 0 Å². The van der Waals surface area contributed by atoms with Crippen LogP contribution in [0.5, 0.6) is 0 Å². The zero-order valence-corrected chi connectivity index (χ0v) is 9.11. The lowest BCUT2D eigenvalue weighted by molar-refractivity contribution is 0.00400. The van der Waals surface area contributed by atoms with Crippen LogP contribution < -0.4 is 5.32 Å². The zero-order valence-electron chi connectivity index (χ0n) is 9.11. The minimum atomic E-state index is 0.0227. The Morgan fingerprint density at radius 3 is 2.42 bits per heavy atom. The second-order valence-corrected chi connectivity index (χ2v) is 4.08. The van der Waals surface area contributed by atoms with Crippen molar-refractivity contribution in [2.24, 2.45) is 5.92 Å². The number of hydrogen-bond acceptors (Lipinski definition) is 2. The van der Waals surface area contributed by atoms with Crippen molar-refractivity contribution in [2.45, 2.75) is 39.7 Å². The summed E-state index contributed by atoms with van der Waals surface area (Å²) in [6.07, 6.45) is 1.11. The van der Waals surface area contributed by atoms with Crippen LogP contribution in [-0.4, -0.2) is 25.8 Å². The van der Waals surface area contributed by atoms with E-state index in [-0.39, 0.29) is 5.60 Å². The first-order valence-corrected chi connectivity index (χ1v) is 4.77. The smallest absolute Gasteiger partial charge is 0.0625 e. The Labute approximate surface area is 76.7 Å². The third kappa shape index (κ3) is 5.56. The molecule has 0 spiro atoms. The molecule has 2 heteroatoms. The summed E-state index contributed by atoms with van der Waals surface area (Å²) in [7, 11) is 1.78. The number of ether oxygens (including phenoxy) is 1. The molecule has 0 aliphatic carbocycles. The Hall–Kier alpha value is -0.0800. The van der Waals surface area contributed by atoms with Gasteiger partial charge in [-0.05, 0) is 39.3 Å². The molecule has 0 fully saturated rings. The van der Waals surface area contributed by atoms with Crippen LogP contribution in [0.25, 0.3) is 0 Å². The van der Waals surface area contributed by atoms with Crippen LogP contribution in [0.3, 0.4) is 0 Å². The van der Waals surface area contributed by atoms with Gasteiger partial charge in [0.15, 0.2) is 0 Å². The molecule has 0 rings (SSSR count). The van der Waals surface area contributed by atoms with Crippen LogP contribution in [-0.2, 0) is 4.74 Å². The highest BCUT2D eigenvalue weighted by molar-refractivity contribution is 4.72. The van der Waals surface area contributed by atoms with E-state index in [0.717, 1.165) is 19.5 Å². The summed E-state index contributed by atoms with van der Waals surface area (Å²) in [5.41, 5.74) is 0.0227. The van der Waals surface area contributed by atoms with Gasteiger partial charge < -0.3 is 10.1 Å². The summed E-state index contributed by atoms with van der Waals surface area (Å²) >= 11 is 0. The molecular formula is C10H23NO. The Bertz CT molecular complexity index is 112. The van der Waals surface area contributed by atoms with E-state index in [1.165, 1.54) is 0 Å². The fourth-order valence-corrected chi connectivity index (χ4v) is 1.39. The quantitative estimate of drug-likeness (QED) is 0.663. The lowest BCUT2D eigenvalue weighted by Crippen LogP contribution is -2.30. The van der Waals surface area contributed by atoms with E-state index in [9.17, 15) is 0 Å². The van der Waals surface area contributed by atoms with E-state index in [1.54, 1.807) is 7.11 Å². The van der Waals surface area contributed by atoms with Crippen molar-refractivity contribution >= 4 is 0 Å². The molecule has 74 valence electrons. The molecule has 0 aromatic heterocycles. The second-order valence-electron chi connectivity index (χ2n) is 4.08. The topological polar surface area (TPSA) is 21.3 Å². The molecule has 0 radical (unpaired) electrons. The largest absolute Gasteiger partial charge is 0.379 e. The summed E-state index contributed by atoms with van der Waals surface area (Å²) in [6, 6.07) is 0. The zero-order chi connectivity index (χ0) is 9.61. The minimum absolute atomic E-state index is 0.0227. The summed E-state index contributed by atoms with van der Waals surface area (Å²) < 4.78 is 5.36. The predicted octanol–water partition coefficient (Wildman–Crippen LogP) is 2.05. The van der Waals surface area contributed by atoms with Gasteiger partial charge in [-0.3, -0.25) is 0 Å². The van der Waals surface area contributed by atoms with Crippen molar-refractivity contribution in [3.8, 4) is 0 Å². The highest BCUT2D eigenvalue weighted by Gasteiger charge is 2.19. The Balaban J connectivity index is 3.60. The normalized spacial score (nSPS) is 14.8. The molecule has 1 atom stereocenters. The molecule has 12 heavy (non-hydrogen) atoms. The van der Waals surface area contributed by atoms with Gasteiger partial charge in [-0.15, -0.1) is 0 Å². The molecule has 2 nitrogen and oxygen atoms in total. The van der Waals surface area contributed by atoms with Gasteiger partial charge in [0, 0.05) is 7.11 Å². The Morgan fingerprint density at radius 1 is 1.42 bits per heavy atom. The number of nitrogens with one attached hydrogen (secondary N) is 1. The first kappa shape index (κ1) is 11.9. The molecule has 1 unspecified atom stereocenters. The van der Waals surface area contributed by atoms with E-state index in [1.807, 2.05) is 0 Å². The maximum atomic E-state index is 5.36. The Morgan fingerprint density at radius 2 is 2.00 bits per heavy atom. The van der Waals surface area contributed by atoms with Crippen LogP contribution in [0.2, 0.25) is 0 Å². The van der Waals surface area contributed by atoms with Crippen LogP contribution in [0.1, 0.15) is 34.1 Å². The van der Waals surface area contributed by atoms with Gasteiger partial charge in [-0.25, -0.2) is 0 Å². The van der Waals surface area contributed by atoms with Gasteiger partial charge in [-0.1, -0.05) is 13.8 Å². The summed E-state index contributed by atoms with van der Waals surface area (Å²) in [4.78, 5) is 0. The van der Waals surface area contributed by atoms with Crippen LogP contribution in [0.4, 0.5) is 0 Å². The van der Waals surface area contributed by atoms with E-state index in [2.05, 4.69) is 33.0 Å². The van der Waals surface area contributed by atoms with E-state index >= 15 is 0 Å². The molecule has 0 amide bonds. The fraction of sp³-hybridized carbons (Fsp3) is 1.00. The van der Waals surface area contributed by atoms with Crippen molar-refractivity contribution in [2.75, 3.05) is 20.2 Å². The molecule has 0 aromatic rings. The fourth-order valence-electron chi connectivity index (χ4n) is 1.39. The van der Waals surface area contributed by atoms with E-state index in [4.69, 9.17) is 4.74 Å². The van der Waals surface area contributed by atoms with Crippen LogP contribution in [0.15, 0.2) is 0 Å². The average molecular weight is 173 g/mol. The maximum Gasteiger partial charge on any atom is 0.0625 e. The Kier molecular flexibility index (Phi) is 5.51. The van der Waals surface area contributed by atoms with E-state index in [0.29, 0.717) is 5.92 Å². The van der Waals surface area contributed by atoms with Gasteiger partial charge in [0.25, 0.3) is 0 Å². The van der Waals surface area contributed by atoms with Gasteiger partial charge in [0.05, 0.1) is 5.60 Å². The van der Waals surface area contributed by atoms with Crippen LogP contribution >= 0.6 is 0 Å². The molecule has 0 aromatic carbocycles. The van der Waals surface area contributed by atoms with Crippen molar-refractivity contribution in [1.82, 2.24) is 5.32 Å². The number of methoxy groups -OCH3 is 1. The minimum Gasteiger partial charge on any atom is -0.379 e. The van der Waals surface area contributed by atoms with Gasteiger partial charge in [-0.2, -0.15) is 0 Å². The second kappa shape index (κ2) is 5.55. The molecule has 0 bridgehead atoms. The molecule has 0 aliphatic rings. The first-order chi connectivity index (χ1) is 5.52. The predicted molar refractivity (Wildman–Crippen MR) is 53.4 cm³/mol. The van der Waals surface area contributed by atoms with Gasteiger partial charge >= 0.3 is 0 Å². The molecule has 0 saturated heterocycles. The molecule has 0 aliphatic heterocycles. The summed E-state index contributed by atoms with van der Waals surface area (Å²) in [6.45, 7) is 10.8. The van der Waals surface area contributed by atoms with Crippen molar-refractivity contribution in [3.05, 3.63) is 0 Å². The number of hydrogen-bond donors (Lipinski definition) is 1. The maximum absolute atomic E-state index is 5.36. The van der Waals surface area contributed by atoms with Crippen molar-refractivity contribution in [1.29, 1.82) is 0 Å². The monoisotopic (exact) mass is 173 g/mol. The van der Waals surface area contributed by atoms with Crippen LogP contribution in [0, 0.1) is 5.92 Å². The number of rotatable bonds is 6. The molecule has 1 N–H and O–H groups in total. The SMILES string of the molecule is CCNCC(C)CC(C)(C)OC. The van der Waals surface area contributed by atoms with Gasteiger partial charge in [0.1, 0.15) is 0 Å². The molecular weight excluding hydrogens is 150 g/mol. The highest BCUT2D eigenvalue weighted by Crippen LogP contribution is 2.18. The first-order valence-electron chi connectivity index (χ1n) is 4.77. The van der Waals surface area contributed by atoms with Crippen molar-refractivity contribution < 1.29 is 4.74 Å². The van der Waals surface area contributed by atoms with Gasteiger partial charge in [0.2, 0.25) is 0 Å². The molecule has 0 saturated carbocycles. The summed E-state index contributed by atoms with van der Waals surface area (Å²) in [5.74, 6) is 0.680. The molecule has 0 heterocycles. The lowest BCUT2D eigenvalue weighted by Gasteiger charge is -2.26. The average Bonchev–Trinajstić information content (AvgIpc) is 2.00. The summed E-state index contributed by atoms with van der Waals surface area (Å²) in [5, 5.41) is 3.34. The van der Waals surface area contributed by atoms with E-state index < -0.39 is 0 Å². The standard InChI is InChI=1S/C10H23NO/c1-6-11-8-9(2)7-10(3,4)12-5/h9,11H,6-8H2,1-5H3. The lowest BCUT2D eigenvalue weighted by atomic mass is 9.95. The third-order valence-electron chi connectivity index (χ3n) is 2.14.